The number of rotatable bonds is 4. The largest absolute Gasteiger partial charge is 0.484 e. The van der Waals surface area contributed by atoms with Crippen LogP contribution in [0.25, 0.3) is 0 Å². The molecule has 2 aromatic heterocycles. The molecular formula is C20H26N4O2. The van der Waals surface area contributed by atoms with Gasteiger partial charge in [-0.15, -0.1) is 0 Å². The standard InChI is InChI=1S/C20H26N4O2/c1-13-11-21-18(14(2)22-13)10-16-6-7-24(12-16)15(3)17-4-5-19-20(23-17)26-9-8-25-19/h4-5,11,15-16H,6-10,12H2,1-3H3/t15-,16-/m1/s1. The number of likely N-dealkylation sites (tertiary alicyclic amines) is 1. The summed E-state index contributed by atoms with van der Waals surface area (Å²) in [5.41, 5.74) is 4.22. The van der Waals surface area contributed by atoms with Crippen molar-refractivity contribution in [1.29, 1.82) is 0 Å². The first-order valence-corrected chi connectivity index (χ1v) is 9.40. The third-order valence-corrected chi connectivity index (χ3v) is 5.37. The van der Waals surface area contributed by atoms with Crippen LogP contribution < -0.4 is 9.47 Å². The van der Waals surface area contributed by atoms with Crippen molar-refractivity contribution in [3.8, 4) is 11.6 Å². The molecule has 0 bridgehead atoms. The van der Waals surface area contributed by atoms with Crippen molar-refractivity contribution in [2.75, 3.05) is 26.3 Å². The fourth-order valence-corrected chi connectivity index (χ4v) is 3.84. The average Bonchev–Trinajstić information content (AvgIpc) is 3.11. The lowest BCUT2D eigenvalue weighted by Gasteiger charge is -2.25. The first kappa shape index (κ1) is 17.2. The molecule has 1 fully saturated rings. The van der Waals surface area contributed by atoms with Gasteiger partial charge in [0.05, 0.1) is 22.8 Å². The second-order valence-corrected chi connectivity index (χ2v) is 7.31. The van der Waals surface area contributed by atoms with Crippen molar-refractivity contribution in [2.45, 2.75) is 39.7 Å². The van der Waals surface area contributed by atoms with Crippen molar-refractivity contribution < 1.29 is 9.47 Å². The summed E-state index contributed by atoms with van der Waals surface area (Å²) in [7, 11) is 0. The molecule has 2 aliphatic rings. The van der Waals surface area contributed by atoms with Gasteiger partial charge in [-0.2, -0.15) is 0 Å². The number of nitrogens with zero attached hydrogens (tertiary/aromatic N) is 4. The minimum Gasteiger partial charge on any atom is -0.484 e. The number of hydrogen-bond acceptors (Lipinski definition) is 6. The molecule has 2 aliphatic heterocycles. The van der Waals surface area contributed by atoms with E-state index < -0.39 is 0 Å². The van der Waals surface area contributed by atoms with E-state index in [1.165, 1.54) is 6.42 Å². The lowest BCUT2D eigenvalue weighted by atomic mass is 10.0. The maximum absolute atomic E-state index is 5.63. The van der Waals surface area contributed by atoms with Gasteiger partial charge in [-0.1, -0.05) is 0 Å². The zero-order valence-corrected chi connectivity index (χ0v) is 15.7. The number of hydrogen-bond donors (Lipinski definition) is 0. The molecule has 2 aromatic rings. The Morgan fingerprint density at radius 1 is 1.19 bits per heavy atom. The lowest BCUT2D eigenvalue weighted by molar-refractivity contribution is 0.162. The molecular weight excluding hydrogens is 328 g/mol. The van der Waals surface area contributed by atoms with Gasteiger partial charge in [0.2, 0.25) is 0 Å². The van der Waals surface area contributed by atoms with Gasteiger partial charge in [-0.25, -0.2) is 4.98 Å². The molecule has 0 aliphatic carbocycles. The van der Waals surface area contributed by atoms with E-state index in [1.807, 2.05) is 19.2 Å². The Bertz CT molecular complexity index is 795. The summed E-state index contributed by atoms with van der Waals surface area (Å²) in [6, 6.07) is 4.30. The number of fused-ring (bicyclic) bond motifs is 1. The quantitative estimate of drug-likeness (QED) is 0.841. The zero-order valence-electron chi connectivity index (χ0n) is 15.7. The van der Waals surface area contributed by atoms with E-state index >= 15 is 0 Å². The first-order chi connectivity index (χ1) is 12.6. The Balaban J connectivity index is 1.41. The molecule has 6 nitrogen and oxygen atoms in total. The second kappa shape index (κ2) is 7.19. The highest BCUT2D eigenvalue weighted by molar-refractivity contribution is 5.36. The highest BCUT2D eigenvalue weighted by atomic mass is 16.6. The molecule has 0 unspecified atom stereocenters. The van der Waals surface area contributed by atoms with Crippen molar-refractivity contribution >= 4 is 0 Å². The maximum atomic E-state index is 5.63. The van der Waals surface area contributed by atoms with Gasteiger partial charge >= 0.3 is 0 Å². The van der Waals surface area contributed by atoms with Crippen LogP contribution in [0.4, 0.5) is 0 Å². The van der Waals surface area contributed by atoms with Crippen LogP contribution in [-0.2, 0) is 6.42 Å². The van der Waals surface area contributed by atoms with E-state index in [1.54, 1.807) is 0 Å². The maximum Gasteiger partial charge on any atom is 0.257 e. The van der Waals surface area contributed by atoms with E-state index in [4.69, 9.17) is 9.47 Å². The molecule has 1 saturated heterocycles. The van der Waals surface area contributed by atoms with E-state index in [2.05, 4.69) is 39.8 Å². The zero-order chi connectivity index (χ0) is 18.1. The minimum absolute atomic E-state index is 0.265. The van der Waals surface area contributed by atoms with Gasteiger partial charge in [-0.05, 0) is 58.2 Å². The van der Waals surface area contributed by atoms with E-state index in [9.17, 15) is 0 Å². The van der Waals surface area contributed by atoms with Crippen LogP contribution in [0.2, 0.25) is 0 Å². The minimum atomic E-state index is 0.265. The number of ether oxygens (including phenoxy) is 2. The Morgan fingerprint density at radius 3 is 2.88 bits per heavy atom. The van der Waals surface area contributed by atoms with E-state index in [-0.39, 0.29) is 6.04 Å². The molecule has 0 amide bonds. The summed E-state index contributed by atoms with van der Waals surface area (Å²) >= 11 is 0. The molecule has 0 N–H and O–H groups in total. The molecule has 26 heavy (non-hydrogen) atoms. The molecule has 4 heterocycles. The molecule has 0 aromatic carbocycles. The van der Waals surface area contributed by atoms with Gasteiger partial charge < -0.3 is 9.47 Å². The fraction of sp³-hybridized carbons (Fsp3) is 0.550. The first-order valence-electron chi connectivity index (χ1n) is 9.40. The molecule has 138 valence electrons. The number of aromatic nitrogens is 3. The predicted octanol–water partition coefficient (Wildman–Crippen LogP) is 2.89. The Kier molecular flexibility index (Phi) is 4.76. The van der Waals surface area contributed by atoms with Gasteiger partial charge in [0, 0.05) is 18.8 Å². The molecule has 6 heteroatoms. The summed E-state index contributed by atoms with van der Waals surface area (Å²) in [6.07, 6.45) is 4.05. The number of pyridine rings is 1. The monoisotopic (exact) mass is 354 g/mol. The smallest absolute Gasteiger partial charge is 0.257 e. The fourth-order valence-electron chi connectivity index (χ4n) is 3.84. The van der Waals surface area contributed by atoms with Crippen LogP contribution in [0.5, 0.6) is 11.6 Å². The normalized spacial score (nSPS) is 21.0. The SMILES string of the molecule is Cc1cnc(C[C@H]2CCN([C@H](C)c3ccc4c(n3)OCCO4)C2)c(C)n1. The predicted molar refractivity (Wildman–Crippen MR) is 98.5 cm³/mol. The van der Waals surface area contributed by atoms with E-state index in [0.717, 1.165) is 48.0 Å². The third kappa shape index (κ3) is 3.51. The summed E-state index contributed by atoms with van der Waals surface area (Å²) in [6.45, 7) is 9.58. The van der Waals surface area contributed by atoms with Gasteiger partial charge in [0.25, 0.3) is 5.88 Å². The van der Waals surface area contributed by atoms with Crippen LogP contribution in [0.15, 0.2) is 18.3 Å². The van der Waals surface area contributed by atoms with Gasteiger partial charge in [-0.3, -0.25) is 14.9 Å². The summed E-state index contributed by atoms with van der Waals surface area (Å²) in [5.74, 6) is 1.99. The van der Waals surface area contributed by atoms with Gasteiger partial charge in [0.1, 0.15) is 13.2 Å². The third-order valence-electron chi connectivity index (χ3n) is 5.37. The topological polar surface area (TPSA) is 60.4 Å². The van der Waals surface area contributed by atoms with Crippen LogP contribution in [0.1, 0.15) is 42.2 Å². The lowest BCUT2D eigenvalue weighted by Crippen LogP contribution is -2.26. The van der Waals surface area contributed by atoms with Crippen molar-refractivity contribution in [3.63, 3.8) is 0 Å². The van der Waals surface area contributed by atoms with Crippen LogP contribution in [0.3, 0.4) is 0 Å². The Hall–Kier alpha value is -2.21. The molecule has 0 saturated carbocycles. The molecule has 4 rings (SSSR count). The van der Waals surface area contributed by atoms with Crippen molar-refractivity contribution in [3.05, 3.63) is 41.1 Å². The number of aryl methyl sites for hydroxylation is 2. The average molecular weight is 354 g/mol. The molecule has 0 radical (unpaired) electrons. The van der Waals surface area contributed by atoms with Crippen LogP contribution >= 0.6 is 0 Å². The van der Waals surface area contributed by atoms with Crippen molar-refractivity contribution in [2.24, 2.45) is 5.92 Å². The van der Waals surface area contributed by atoms with Gasteiger partial charge in [0.15, 0.2) is 5.75 Å². The molecule has 2 atom stereocenters. The summed E-state index contributed by atoms with van der Waals surface area (Å²) < 4.78 is 11.2. The Morgan fingerprint density at radius 2 is 2.04 bits per heavy atom. The van der Waals surface area contributed by atoms with Crippen LogP contribution in [0, 0.1) is 19.8 Å². The van der Waals surface area contributed by atoms with E-state index in [0.29, 0.717) is 25.0 Å². The van der Waals surface area contributed by atoms with Crippen molar-refractivity contribution in [1.82, 2.24) is 19.9 Å². The Labute approximate surface area is 154 Å². The summed E-state index contributed by atoms with van der Waals surface area (Å²) in [4.78, 5) is 16.3. The summed E-state index contributed by atoms with van der Waals surface area (Å²) in [5, 5.41) is 0. The molecule has 0 spiro atoms. The highest BCUT2D eigenvalue weighted by Gasteiger charge is 2.29. The highest BCUT2D eigenvalue weighted by Crippen LogP contribution is 2.33. The van der Waals surface area contributed by atoms with Crippen LogP contribution in [-0.4, -0.2) is 46.2 Å². The second-order valence-electron chi connectivity index (χ2n) is 7.31.